The van der Waals surface area contributed by atoms with Gasteiger partial charge in [0.15, 0.2) is 23.0 Å². The van der Waals surface area contributed by atoms with E-state index in [0.29, 0.717) is 20.8 Å². The number of ether oxygens (including phenoxy) is 1. The van der Waals surface area contributed by atoms with Crippen molar-refractivity contribution in [3.05, 3.63) is 0 Å². The van der Waals surface area contributed by atoms with Crippen LogP contribution < -0.4 is 0 Å². The van der Waals surface area contributed by atoms with Gasteiger partial charge in [0, 0.05) is 6.92 Å². The van der Waals surface area contributed by atoms with Gasteiger partial charge in [-0.25, -0.2) is 0 Å². The zero-order chi connectivity index (χ0) is 20.4. The number of carbonyl (C=O) groups excluding carboxylic acids is 5. The van der Waals surface area contributed by atoms with E-state index in [1.807, 2.05) is 0 Å². The van der Waals surface area contributed by atoms with Gasteiger partial charge in [0.05, 0.1) is 0 Å². The van der Waals surface area contributed by atoms with Gasteiger partial charge in [-0.15, -0.1) is 12.6 Å². The molecule has 25 heavy (non-hydrogen) atoms. The molecular weight excluding hydrogens is 360 g/mol. The molecule has 0 fully saturated rings. The second kappa shape index (κ2) is 7.70. The van der Waals surface area contributed by atoms with Gasteiger partial charge in [-0.2, -0.15) is 0 Å². The Labute approximate surface area is 148 Å². The SMILES string of the molecule is CC(=O)OCC(O)C(O)(C(C)=O)C(O)(C(C)=O)C(O)(C(C)=O)C(=O)S. The zero-order valence-corrected chi connectivity index (χ0v) is 14.9. The molecule has 0 aliphatic heterocycles. The number of aliphatic hydroxyl groups excluding tert-OH is 1. The molecule has 0 saturated carbocycles. The first-order chi connectivity index (χ1) is 11.1. The molecule has 0 saturated heterocycles. The maximum atomic E-state index is 12.0. The van der Waals surface area contributed by atoms with Gasteiger partial charge in [-0.1, -0.05) is 0 Å². The van der Waals surface area contributed by atoms with Crippen LogP contribution >= 0.6 is 12.6 Å². The van der Waals surface area contributed by atoms with Crippen molar-refractivity contribution in [2.45, 2.75) is 50.6 Å². The quantitative estimate of drug-likeness (QED) is 0.161. The minimum absolute atomic E-state index is 0.567. The Balaban J connectivity index is 6.72. The van der Waals surface area contributed by atoms with Crippen molar-refractivity contribution in [1.29, 1.82) is 0 Å². The number of esters is 1. The van der Waals surface area contributed by atoms with Crippen LogP contribution in [0.5, 0.6) is 0 Å². The smallest absolute Gasteiger partial charge is 0.302 e. The Morgan fingerprint density at radius 3 is 1.60 bits per heavy atom. The number of aliphatic hydroxyl groups is 4. The third-order valence-electron chi connectivity index (χ3n) is 3.87. The van der Waals surface area contributed by atoms with Gasteiger partial charge in [-0.3, -0.25) is 24.0 Å². The van der Waals surface area contributed by atoms with Crippen molar-refractivity contribution in [2.75, 3.05) is 6.61 Å². The number of carbonyl (C=O) groups is 5. The Hall–Kier alpha value is -1.66. The van der Waals surface area contributed by atoms with E-state index in [4.69, 9.17) is 0 Å². The van der Waals surface area contributed by atoms with Crippen LogP contribution in [-0.2, 0) is 28.7 Å². The van der Waals surface area contributed by atoms with Gasteiger partial charge in [-0.05, 0) is 20.8 Å². The molecule has 11 heteroatoms. The fourth-order valence-electron chi connectivity index (χ4n) is 2.41. The molecule has 0 spiro atoms. The summed E-state index contributed by atoms with van der Waals surface area (Å²) in [6.45, 7) is 1.63. The summed E-state index contributed by atoms with van der Waals surface area (Å²) in [5, 5.41) is 40.1. The van der Waals surface area contributed by atoms with Crippen molar-refractivity contribution in [1.82, 2.24) is 0 Å². The van der Waals surface area contributed by atoms with Gasteiger partial charge < -0.3 is 25.2 Å². The number of thiol groups is 1. The fourth-order valence-corrected chi connectivity index (χ4v) is 2.73. The summed E-state index contributed by atoms with van der Waals surface area (Å²) in [6, 6.07) is 0. The molecule has 0 aliphatic carbocycles. The Morgan fingerprint density at radius 1 is 0.920 bits per heavy atom. The number of rotatable bonds is 9. The third kappa shape index (κ3) is 3.51. The van der Waals surface area contributed by atoms with Gasteiger partial charge in [0.2, 0.25) is 16.3 Å². The molecule has 0 aromatic heterocycles. The Kier molecular flexibility index (Phi) is 7.19. The standard InChI is InChI=1S/C14H20O10S/c1-6(15)12(21,10(19)5-24-9(4)18)14(23,8(3)17)13(22,7(2)16)11(20)25/h10,19,21-23H,5H2,1-4H3,(H,20,25). The van der Waals surface area contributed by atoms with Crippen LogP contribution in [-0.4, -0.2) is 78.4 Å². The monoisotopic (exact) mass is 380 g/mol. The minimum atomic E-state index is -3.81. The molecule has 0 amide bonds. The Morgan fingerprint density at radius 2 is 1.36 bits per heavy atom. The van der Waals surface area contributed by atoms with Gasteiger partial charge in [0.1, 0.15) is 12.7 Å². The first-order valence-corrected chi connectivity index (χ1v) is 7.31. The molecule has 4 N–H and O–H groups in total. The predicted molar refractivity (Wildman–Crippen MR) is 83.5 cm³/mol. The molecular formula is C14H20O10S. The van der Waals surface area contributed by atoms with E-state index in [2.05, 4.69) is 17.4 Å². The second-order valence-electron chi connectivity index (χ2n) is 5.48. The molecule has 142 valence electrons. The highest BCUT2D eigenvalue weighted by Crippen LogP contribution is 2.39. The summed E-state index contributed by atoms with van der Waals surface area (Å²) >= 11 is 3.25. The molecule has 0 bridgehead atoms. The van der Waals surface area contributed by atoms with Gasteiger partial charge >= 0.3 is 5.97 Å². The normalized spacial score (nSPS) is 19.6. The number of Topliss-reactive ketones (excluding diaryl/α,β-unsaturated/α-hetero) is 3. The van der Waals surface area contributed by atoms with Crippen LogP contribution in [0, 0.1) is 0 Å². The number of hydrogen-bond donors (Lipinski definition) is 5. The lowest BCUT2D eigenvalue weighted by Crippen LogP contribution is -2.81. The summed E-state index contributed by atoms with van der Waals surface area (Å²) in [6.07, 6.45) is -2.47. The van der Waals surface area contributed by atoms with Crippen LogP contribution in [0.3, 0.4) is 0 Å². The number of hydrogen-bond acceptors (Lipinski definition) is 10. The molecule has 0 radical (unpaired) electrons. The second-order valence-corrected chi connectivity index (χ2v) is 5.89. The van der Waals surface area contributed by atoms with Crippen molar-refractivity contribution < 1.29 is 49.1 Å². The average molecular weight is 380 g/mol. The minimum Gasteiger partial charge on any atom is -0.463 e. The molecule has 10 nitrogen and oxygen atoms in total. The number of ketones is 3. The van der Waals surface area contributed by atoms with Crippen LogP contribution in [0.2, 0.25) is 0 Å². The van der Waals surface area contributed by atoms with E-state index < -0.39 is 57.9 Å². The predicted octanol–water partition coefficient (Wildman–Crippen LogP) is -2.67. The topological polar surface area (TPSA) is 176 Å². The molecule has 4 unspecified atom stereocenters. The lowest BCUT2D eigenvalue weighted by molar-refractivity contribution is -0.245. The third-order valence-corrected chi connectivity index (χ3v) is 4.19. The van der Waals surface area contributed by atoms with E-state index in [1.165, 1.54) is 0 Å². The van der Waals surface area contributed by atoms with E-state index in [1.54, 1.807) is 0 Å². The Bertz CT molecular complexity index is 601. The lowest BCUT2D eigenvalue weighted by atomic mass is 9.63. The van der Waals surface area contributed by atoms with Crippen LogP contribution in [0.1, 0.15) is 27.7 Å². The lowest BCUT2D eigenvalue weighted by Gasteiger charge is -2.48. The summed E-state index contributed by atoms with van der Waals surface area (Å²) in [5.41, 5.74) is -11.1. The van der Waals surface area contributed by atoms with Crippen LogP contribution in [0.25, 0.3) is 0 Å². The average Bonchev–Trinajstić information content (AvgIpc) is 2.48. The van der Waals surface area contributed by atoms with Crippen LogP contribution in [0.4, 0.5) is 0 Å². The highest BCUT2D eigenvalue weighted by Gasteiger charge is 2.74. The molecule has 0 aromatic carbocycles. The van der Waals surface area contributed by atoms with E-state index in [0.717, 1.165) is 6.92 Å². The van der Waals surface area contributed by atoms with Crippen molar-refractivity contribution in [2.24, 2.45) is 0 Å². The summed E-state index contributed by atoms with van der Waals surface area (Å²) in [5.74, 6) is -5.54. The summed E-state index contributed by atoms with van der Waals surface area (Å²) < 4.78 is 4.41. The zero-order valence-electron chi connectivity index (χ0n) is 14.0. The maximum absolute atomic E-state index is 12.0. The van der Waals surface area contributed by atoms with Crippen LogP contribution in [0.15, 0.2) is 0 Å². The van der Waals surface area contributed by atoms with Crippen molar-refractivity contribution in [3.63, 3.8) is 0 Å². The fraction of sp³-hybridized carbons (Fsp3) is 0.643. The molecule has 4 atom stereocenters. The molecule has 0 aromatic rings. The summed E-state index contributed by atoms with van der Waals surface area (Å²) in [7, 11) is 0. The molecule has 0 rings (SSSR count). The van der Waals surface area contributed by atoms with E-state index >= 15 is 0 Å². The first kappa shape index (κ1) is 23.3. The molecule has 0 heterocycles. The summed E-state index contributed by atoms with van der Waals surface area (Å²) in [4.78, 5) is 58.4. The first-order valence-electron chi connectivity index (χ1n) is 6.86. The highest BCUT2D eigenvalue weighted by molar-refractivity contribution is 7.97. The van der Waals surface area contributed by atoms with Crippen molar-refractivity contribution in [3.8, 4) is 0 Å². The van der Waals surface area contributed by atoms with E-state index in [-0.39, 0.29) is 0 Å². The van der Waals surface area contributed by atoms with Crippen molar-refractivity contribution >= 4 is 41.1 Å². The highest BCUT2D eigenvalue weighted by atomic mass is 32.1. The maximum Gasteiger partial charge on any atom is 0.302 e. The van der Waals surface area contributed by atoms with Gasteiger partial charge in [0.25, 0.3) is 0 Å². The molecule has 0 aliphatic rings. The van der Waals surface area contributed by atoms with E-state index in [9.17, 15) is 44.4 Å². The largest absolute Gasteiger partial charge is 0.463 e.